The molecule has 1 atom stereocenters. The Balaban J connectivity index is 1.83. The average molecular weight is 290 g/mol. The lowest BCUT2D eigenvalue weighted by Gasteiger charge is -2.45. The highest BCUT2D eigenvalue weighted by atomic mass is 16.2. The van der Waals surface area contributed by atoms with Crippen molar-refractivity contribution in [1.29, 1.82) is 0 Å². The molecule has 1 N–H and O–H groups in total. The van der Waals surface area contributed by atoms with E-state index in [1.165, 1.54) is 0 Å². The van der Waals surface area contributed by atoms with E-state index in [4.69, 9.17) is 0 Å². The van der Waals surface area contributed by atoms with E-state index in [2.05, 4.69) is 10.4 Å². The van der Waals surface area contributed by atoms with Crippen molar-refractivity contribution >= 4 is 11.8 Å². The fourth-order valence-electron chi connectivity index (χ4n) is 3.61. The van der Waals surface area contributed by atoms with Crippen LogP contribution >= 0.6 is 0 Å². The lowest BCUT2D eigenvalue weighted by molar-refractivity contribution is -0.156. The number of carbonyl (C=O) groups is 2. The Kier molecular flexibility index (Phi) is 3.47. The number of amides is 2. The predicted octanol–water partition coefficient (Wildman–Crippen LogP) is 0.622. The summed E-state index contributed by atoms with van der Waals surface area (Å²) in [6.45, 7) is 2.34. The summed E-state index contributed by atoms with van der Waals surface area (Å²) in [6, 6.07) is 1.54. The Hall–Kier alpha value is -1.85. The molecule has 114 valence electrons. The molecule has 0 radical (unpaired) electrons. The van der Waals surface area contributed by atoms with Crippen molar-refractivity contribution in [3.05, 3.63) is 18.0 Å². The Morgan fingerprint density at radius 2 is 2.10 bits per heavy atom. The number of nitrogens with one attached hydrogen (secondary N) is 1. The van der Waals surface area contributed by atoms with Crippen molar-refractivity contribution in [3.63, 3.8) is 0 Å². The fourth-order valence-corrected chi connectivity index (χ4v) is 3.61. The van der Waals surface area contributed by atoms with E-state index in [-0.39, 0.29) is 11.8 Å². The molecule has 1 aliphatic heterocycles. The second-order valence-electron chi connectivity index (χ2n) is 6.12. The molecule has 1 aromatic rings. The van der Waals surface area contributed by atoms with Crippen LogP contribution < -0.4 is 5.32 Å². The number of carbonyl (C=O) groups excluding carboxylic acids is 2. The quantitative estimate of drug-likeness (QED) is 0.887. The summed E-state index contributed by atoms with van der Waals surface area (Å²) in [7, 11) is 1.90. The van der Waals surface area contributed by atoms with Gasteiger partial charge in [-0.25, -0.2) is 0 Å². The molecule has 6 nitrogen and oxygen atoms in total. The van der Waals surface area contributed by atoms with E-state index in [0.717, 1.165) is 37.8 Å². The number of hydrogen-bond acceptors (Lipinski definition) is 3. The maximum Gasteiger partial charge on any atom is 0.246 e. The second-order valence-corrected chi connectivity index (χ2v) is 6.12. The molecule has 2 aliphatic rings. The summed E-state index contributed by atoms with van der Waals surface area (Å²) in [5, 5.41) is 7.00. The van der Waals surface area contributed by atoms with Gasteiger partial charge in [-0.1, -0.05) is 12.8 Å². The number of nitrogens with zero attached hydrogens (tertiary/aromatic N) is 3. The molecule has 2 fully saturated rings. The normalized spacial score (nSPS) is 24.7. The molecular weight excluding hydrogens is 268 g/mol. The van der Waals surface area contributed by atoms with Crippen molar-refractivity contribution in [1.82, 2.24) is 20.0 Å². The van der Waals surface area contributed by atoms with Gasteiger partial charge >= 0.3 is 0 Å². The van der Waals surface area contributed by atoms with Gasteiger partial charge in [-0.15, -0.1) is 0 Å². The SMILES string of the molecule is CC1NC(=O)C2(CCCC2)N(CCc2ccnn2C)C1=O. The Morgan fingerprint density at radius 3 is 2.71 bits per heavy atom. The zero-order valence-electron chi connectivity index (χ0n) is 12.6. The third-order valence-electron chi connectivity index (χ3n) is 4.87. The van der Waals surface area contributed by atoms with Gasteiger partial charge < -0.3 is 10.2 Å². The van der Waals surface area contributed by atoms with Gasteiger partial charge in [0.05, 0.1) is 0 Å². The zero-order valence-corrected chi connectivity index (χ0v) is 12.6. The molecule has 1 unspecified atom stereocenters. The van der Waals surface area contributed by atoms with Crippen LogP contribution in [0.2, 0.25) is 0 Å². The lowest BCUT2D eigenvalue weighted by atomic mass is 9.89. The summed E-state index contributed by atoms with van der Waals surface area (Å²) in [4.78, 5) is 26.9. The number of aromatic nitrogens is 2. The van der Waals surface area contributed by atoms with Gasteiger partial charge in [0, 0.05) is 31.9 Å². The first-order chi connectivity index (χ1) is 10.0. The van der Waals surface area contributed by atoms with Crippen LogP contribution in [0, 0.1) is 0 Å². The van der Waals surface area contributed by atoms with Crippen LogP contribution in [-0.2, 0) is 23.1 Å². The average Bonchev–Trinajstić information content (AvgIpc) is 3.08. The van der Waals surface area contributed by atoms with E-state index >= 15 is 0 Å². The van der Waals surface area contributed by atoms with Crippen LogP contribution in [0.1, 0.15) is 38.3 Å². The van der Waals surface area contributed by atoms with Crippen molar-refractivity contribution in [3.8, 4) is 0 Å². The number of hydrogen-bond donors (Lipinski definition) is 1. The van der Waals surface area contributed by atoms with Crippen LogP contribution in [0.4, 0.5) is 0 Å². The van der Waals surface area contributed by atoms with Gasteiger partial charge in [-0.2, -0.15) is 5.10 Å². The fraction of sp³-hybridized carbons (Fsp3) is 0.667. The summed E-state index contributed by atoms with van der Waals surface area (Å²) in [5.41, 5.74) is 0.469. The lowest BCUT2D eigenvalue weighted by Crippen LogP contribution is -2.69. The van der Waals surface area contributed by atoms with Crippen molar-refractivity contribution in [2.75, 3.05) is 6.54 Å². The largest absolute Gasteiger partial charge is 0.343 e. The monoisotopic (exact) mass is 290 g/mol. The first kappa shape index (κ1) is 14.1. The molecule has 1 aromatic heterocycles. The highest BCUT2D eigenvalue weighted by molar-refractivity contribution is 5.99. The molecule has 3 rings (SSSR count). The Bertz CT molecular complexity index is 560. The Morgan fingerprint density at radius 1 is 1.38 bits per heavy atom. The summed E-state index contributed by atoms with van der Waals surface area (Å²) >= 11 is 0. The van der Waals surface area contributed by atoms with Crippen LogP contribution in [-0.4, -0.2) is 44.6 Å². The first-order valence-electron chi connectivity index (χ1n) is 7.64. The zero-order chi connectivity index (χ0) is 15.0. The molecule has 0 bridgehead atoms. The van der Waals surface area contributed by atoms with E-state index < -0.39 is 11.6 Å². The topological polar surface area (TPSA) is 67.2 Å². The standard InChI is InChI=1S/C15H22N4O2/c1-11-13(20)19(10-6-12-5-9-16-18(12)2)15(14(21)17-11)7-3-4-8-15/h5,9,11H,3-4,6-8,10H2,1-2H3,(H,17,21). The molecule has 21 heavy (non-hydrogen) atoms. The van der Waals surface area contributed by atoms with Gasteiger partial charge in [-0.05, 0) is 25.8 Å². The number of aryl methyl sites for hydroxylation is 1. The van der Waals surface area contributed by atoms with Crippen LogP contribution in [0.25, 0.3) is 0 Å². The maximum atomic E-state index is 12.6. The minimum absolute atomic E-state index is 0.0251. The van der Waals surface area contributed by atoms with Crippen LogP contribution in [0.5, 0.6) is 0 Å². The minimum atomic E-state index is -0.609. The first-order valence-corrected chi connectivity index (χ1v) is 7.64. The smallest absolute Gasteiger partial charge is 0.246 e. The third kappa shape index (κ3) is 2.22. The van der Waals surface area contributed by atoms with Gasteiger partial charge in [0.15, 0.2) is 0 Å². The van der Waals surface area contributed by atoms with Crippen molar-refractivity contribution < 1.29 is 9.59 Å². The van der Waals surface area contributed by atoms with E-state index in [0.29, 0.717) is 6.54 Å². The van der Waals surface area contributed by atoms with Crippen molar-refractivity contribution in [2.24, 2.45) is 7.05 Å². The van der Waals surface area contributed by atoms with Crippen LogP contribution in [0.15, 0.2) is 12.3 Å². The highest BCUT2D eigenvalue weighted by Gasteiger charge is 2.52. The highest BCUT2D eigenvalue weighted by Crippen LogP contribution is 2.38. The van der Waals surface area contributed by atoms with Gasteiger partial charge in [0.2, 0.25) is 11.8 Å². The molecule has 0 aromatic carbocycles. The minimum Gasteiger partial charge on any atom is -0.343 e. The second kappa shape index (κ2) is 5.16. The summed E-state index contributed by atoms with van der Waals surface area (Å²) in [6.07, 6.45) is 6.07. The van der Waals surface area contributed by atoms with Gasteiger partial charge in [-0.3, -0.25) is 14.3 Å². The van der Waals surface area contributed by atoms with Gasteiger partial charge in [0.25, 0.3) is 0 Å². The van der Waals surface area contributed by atoms with Gasteiger partial charge in [0.1, 0.15) is 11.6 Å². The van der Waals surface area contributed by atoms with E-state index in [1.54, 1.807) is 13.1 Å². The molecule has 1 saturated carbocycles. The Labute approximate surface area is 124 Å². The van der Waals surface area contributed by atoms with Crippen molar-refractivity contribution in [2.45, 2.75) is 50.6 Å². The predicted molar refractivity (Wildman–Crippen MR) is 77.4 cm³/mol. The molecule has 2 amide bonds. The third-order valence-corrected chi connectivity index (χ3v) is 4.87. The molecular formula is C15H22N4O2. The molecule has 1 saturated heterocycles. The number of rotatable bonds is 3. The molecule has 2 heterocycles. The summed E-state index contributed by atoms with van der Waals surface area (Å²) in [5.74, 6) is 0.0655. The maximum absolute atomic E-state index is 12.6. The molecule has 1 spiro atoms. The summed E-state index contributed by atoms with van der Waals surface area (Å²) < 4.78 is 1.82. The van der Waals surface area contributed by atoms with E-state index in [9.17, 15) is 9.59 Å². The molecule has 1 aliphatic carbocycles. The number of piperazine rings is 1. The van der Waals surface area contributed by atoms with Crippen LogP contribution in [0.3, 0.4) is 0 Å². The van der Waals surface area contributed by atoms with E-state index in [1.807, 2.05) is 22.7 Å². The molecule has 6 heteroatoms.